The lowest BCUT2D eigenvalue weighted by atomic mass is 10.0. The fourth-order valence-corrected chi connectivity index (χ4v) is 2.48. The summed E-state index contributed by atoms with van der Waals surface area (Å²) in [5.74, 6) is 0.00829. The predicted molar refractivity (Wildman–Crippen MR) is 71.9 cm³/mol. The van der Waals surface area contributed by atoms with Gasteiger partial charge in [0.25, 0.3) is 5.91 Å². The number of nitrogens with zero attached hydrogens (tertiary/aromatic N) is 3. The van der Waals surface area contributed by atoms with Crippen LogP contribution in [0.15, 0.2) is 18.5 Å². The van der Waals surface area contributed by atoms with Crippen LogP contribution < -0.4 is 0 Å². The van der Waals surface area contributed by atoms with Crippen LogP contribution in [-0.2, 0) is 0 Å². The molecule has 0 bridgehead atoms. The first-order valence-electron chi connectivity index (χ1n) is 6.15. The van der Waals surface area contributed by atoms with E-state index in [0.29, 0.717) is 16.6 Å². The van der Waals surface area contributed by atoms with Crippen molar-refractivity contribution in [2.24, 2.45) is 0 Å². The van der Waals surface area contributed by atoms with Gasteiger partial charge in [-0.3, -0.25) is 9.78 Å². The second kappa shape index (κ2) is 5.67. The molecule has 0 N–H and O–H groups in total. The Morgan fingerprint density at radius 1 is 1.56 bits per heavy atom. The van der Waals surface area contributed by atoms with Crippen molar-refractivity contribution >= 4 is 17.5 Å². The molecule has 0 aliphatic carbocycles. The molecule has 18 heavy (non-hydrogen) atoms. The topological polar surface area (TPSA) is 36.4 Å². The molecule has 0 radical (unpaired) electrons. The molecule has 0 spiro atoms. The number of hydrogen-bond donors (Lipinski definition) is 0. The molecule has 1 aromatic heterocycles. The van der Waals surface area contributed by atoms with Crippen LogP contribution in [0.5, 0.6) is 0 Å². The molecule has 1 amide bonds. The number of likely N-dealkylation sites (tertiary alicyclic amines) is 1. The highest BCUT2D eigenvalue weighted by atomic mass is 35.5. The van der Waals surface area contributed by atoms with Gasteiger partial charge in [-0.1, -0.05) is 11.6 Å². The molecule has 5 heteroatoms. The van der Waals surface area contributed by atoms with Gasteiger partial charge in [0, 0.05) is 31.5 Å². The molecule has 1 unspecified atom stereocenters. The first-order chi connectivity index (χ1) is 8.59. The van der Waals surface area contributed by atoms with Gasteiger partial charge in [0.05, 0.1) is 10.6 Å². The van der Waals surface area contributed by atoms with E-state index in [1.165, 1.54) is 6.20 Å². The molecule has 0 saturated carbocycles. The maximum absolute atomic E-state index is 12.4. The molecule has 98 valence electrons. The lowest BCUT2D eigenvalue weighted by Gasteiger charge is -2.36. The number of aromatic nitrogens is 1. The van der Waals surface area contributed by atoms with Crippen molar-refractivity contribution in [2.75, 3.05) is 27.2 Å². The zero-order chi connectivity index (χ0) is 13.1. The van der Waals surface area contributed by atoms with E-state index < -0.39 is 0 Å². The van der Waals surface area contributed by atoms with E-state index in [0.717, 1.165) is 25.9 Å². The number of likely N-dealkylation sites (N-methyl/N-ethyl adjacent to an activating group) is 1. The first kappa shape index (κ1) is 13.3. The minimum absolute atomic E-state index is 0.00829. The molecule has 2 rings (SSSR count). The number of carbonyl (C=O) groups is 1. The highest BCUT2D eigenvalue weighted by molar-refractivity contribution is 6.33. The van der Waals surface area contributed by atoms with E-state index in [9.17, 15) is 4.79 Å². The molecule has 1 aliphatic heterocycles. The van der Waals surface area contributed by atoms with Gasteiger partial charge in [-0.2, -0.15) is 0 Å². The van der Waals surface area contributed by atoms with Crippen molar-refractivity contribution in [1.29, 1.82) is 0 Å². The van der Waals surface area contributed by atoms with Gasteiger partial charge >= 0.3 is 0 Å². The van der Waals surface area contributed by atoms with Crippen LogP contribution in [0.2, 0.25) is 5.02 Å². The third-order valence-electron chi connectivity index (χ3n) is 3.42. The van der Waals surface area contributed by atoms with Crippen LogP contribution in [0.3, 0.4) is 0 Å². The van der Waals surface area contributed by atoms with Crippen LogP contribution in [0.4, 0.5) is 0 Å². The Balaban J connectivity index is 2.12. The predicted octanol–water partition coefficient (Wildman–Crippen LogP) is 1.90. The van der Waals surface area contributed by atoms with Crippen LogP contribution >= 0.6 is 11.6 Å². The maximum Gasteiger partial charge on any atom is 0.255 e. The molecular formula is C13H18ClN3O. The third-order valence-corrected chi connectivity index (χ3v) is 3.72. The summed E-state index contributed by atoms with van der Waals surface area (Å²) in [6.07, 6.45) is 5.30. The van der Waals surface area contributed by atoms with Crippen molar-refractivity contribution in [1.82, 2.24) is 14.8 Å². The van der Waals surface area contributed by atoms with Crippen LogP contribution in [-0.4, -0.2) is 53.9 Å². The van der Waals surface area contributed by atoms with Crippen molar-refractivity contribution in [2.45, 2.75) is 18.9 Å². The van der Waals surface area contributed by atoms with Gasteiger partial charge in [-0.05, 0) is 33.0 Å². The summed E-state index contributed by atoms with van der Waals surface area (Å²) in [4.78, 5) is 20.3. The number of hydrogen-bond acceptors (Lipinski definition) is 3. The maximum atomic E-state index is 12.4. The standard InChI is InChI=1S/C13H18ClN3O/c1-16(2)10-4-3-7-17(9-10)13(18)11-5-6-15-8-12(11)14/h5-6,8,10H,3-4,7,9H2,1-2H3. The van der Waals surface area contributed by atoms with Crippen LogP contribution in [0, 0.1) is 0 Å². The monoisotopic (exact) mass is 267 g/mol. The molecule has 4 nitrogen and oxygen atoms in total. The second-order valence-corrected chi connectivity index (χ2v) is 5.27. The van der Waals surface area contributed by atoms with Gasteiger partial charge in [0.1, 0.15) is 0 Å². The number of halogens is 1. The summed E-state index contributed by atoms with van der Waals surface area (Å²) in [6.45, 7) is 1.58. The highest BCUT2D eigenvalue weighted by Gasteiger charge is 2.26. The fourth-order valence-electron chi connectivity index (χ4n) is 2.28. The van der Waals surface area contributed by atoms with Crippen molar-refractivity contribution < 1.29 is 4.79 Å². The SMILES string of the molecule is CN(C)C1CCCN(C(=O)c2ccncc2Cl)C1. The largest absolute Gasteiger partial charge is 0.337 e. The molecule has 2 heterocycles. The van der Waals surface area contributed by atoms with Gasteiger partial charge in [-0.15, -0.1) is 0 Å². The lowest BCUT2D eigenvalue weighted by Crippen LogP contribution is -2.47. The smallest absolute Gasteiger partial charge is 0.255 e. The Morgan fingerprint density at radius 3 is 3.00 bits per heavy atom. The Kier molecular flexibility index (Phi) is 4.19. The summed E-state index contributed by atoms with van der Waals surface area (Å²) in [6, 6.07) is 2.12. The van der Waals surface area contributed by atoms with Crippen molar-refractivity contribution in [3.05, 3.63) is 29.0 Å². The van der Waals surface area contributed by atoms with E-state index in [2.05, 4.69) is 24.0 Å². The summed E-state index contributed by atoms with van der Waals surface area (Å²) in [5.41, 5.74) is 0.547. The average molecular weight is 268 g/mol. The van der Waals surface area contributed by atoms with Gasteiger partial charge in [-0.25, -0.2) is 0 Å². The van der Waals surface area contributed by atoms with Gasteiger partial charge < -0.3 is 9.80 Å². The summed E-state index contributed by atoms with van der Waals surface area (Å²) in [7, 11) is 4.11. The summed E-state index contributed by atoms with van der Waals surface area (Å²) < 4.78 is 0. The fraction of sp³-hybridized carbons (Fsp3) is 0.538. The van der Waals surface area contributed by atoms with Crippen LogP contribution in [0.25, 0.3) is 0 Å². The molecule has 1 aromatic rings. The van der Waals surface area contributed by atoms with E-state index in [-0.39, 0.29) is 5.91 Å². The van der Waals surface area contributed by atoms with E-state index in [4.69, 9.17) is 11.6 Å². The molecule has 1 fully saturated rings. The first-order valence-corrected chi connectivity index (χ1v) is 6.52. The third kappa shape index (κ3) is 2.82. The van der Waals surface area contributed by atoms with Gasteiger partial charge in [0.15, 0.2) is 0 Å². The zero-order valence-corrected chi connectivity index (χ0v) is 11.5. The minimum atomic E-state index is 0.00829. The van der Waals surface area contributed by atoms with Gasteiger partial charge in [0.2, 0.25) is 0 Å². The Bertz CT molecular complexity index is 436. The normalized spacial score (nSPS) is 20.2. The Labute approximate surface area is 113 Å². The molecule has 1 aliphatic rings. The number of piperidine rings is 1. The summed E-state index contributed by atoms with van der Waals surface area (Å²) in [5, 5.41) is 0.425. The Hall–Kier alpha value is -1.13. The van der Waals surface area contributed by atoms with Crippen molar-refractivity contribution in [3.8, 4) is 0 Å². The second-order valence-electron chi connectivity index (χ2n) is 4.87. The molecular weight excluding hydrogens is 250 g/mol. The number of amides is 1. The summed E-state index contributed by atoms with van der Waals surface area (Å²) >= 11 is 6.02. The van der Waals surface area contributed by atoms with E-state index >= 15 is 0 Å². The number of pyridine rings is 1. The molecule has 0 aromatic carbocycles. The van der Waals surface area contributed by atoms with E-state index in [1.54, 1.807) is 12.3 Å². The molecule has 1 saturated heterocycles. The molecule has 1 atom stereocenters. The highest BCUT2D eigenvalue weighted by Crippen LogP contribution is 2.20. The van der Waals surface area contributed by atoms with Crippen molar-refractivity contribution in [3.63, 3.8) is 0 Å². The van der Waals surface area contributed by atoms with E-state index in [1.807, 2.05) is 4.90 Å². The average Bonchev–Trinajstić information content (AvgIpc) is 2.38. The number of rotatable bonds is 2. The lowest BCUT2D eigenvalue weighted by molar-refractivity contribution is 0.0635. The Morgan fingerprint density at radius 2 is 2.33 bits per heavy atom. The quantitative estimate of drug-likeness (QED) is 0.821. The number of carbonyl (C=O) groups excluding carboxylic acids is 1. The van der Waals surface area contributed by atoms with Crippen LogP contribution in [0.1, 0.15) is 23.2 Å². The minimum Gasteiger partial charge on any atom is -0.337 e. The zero-order valence-electron chi connectivity index (χ0n) is 10.8.